The zero-order valence-corrected chi connectivity index (χ0v) is 11.1. The number of carbonyl (C=O) groups excluding carboxylic acids is 1. The summed E-state index contributed by atoms with van der Waals surface area (Å²) in [4.78, 5) is 11.9. The number of anilines is 1. The van der Waals surface area contributed by atoms with Crippen LogP contribution < -0.4 is 5.32 Å². The predicted molar refractivity (Wildman–Crippen MR) is 71.8 cm³/mol. The van der Waals surface area contributed by atoms with Crippen molar-refractivity contribution in [2.75, 3.05) is 5.32 Å². The Labute approximate surface area is 116 Å². The van der Waals surface area contributed by atoms with Crippen molar-refractivity contribution in [3.8, 4) is 11.5 Å². The molecule has 0 aliphatic rings. The highest BCUT2D eigenvalue weighted by atomic mass is 79.9. The van der Waals surface area contributed by atoms with Crippen LogP contribution in [0.4, 0.5) is 10.1 Å². The van der Waals surface area contributed by atoms with E-state index in [1.807, 2.05) is 0 Å². The summed E-state index contributed by atoms with van der Waals surface area (Å²) in [6.45, 7) is 0. The molecular weight excluding hydrogens is 317 g/mol. The third kappa shape index (κ3) is 2.85. The van der Waals surface area contributed by atoms with Crippen molar-refractivity contribution in [3.05, 3.63) is 52.3 Å². The van der Waals surface area contributed by atoms with Gasteiger partial charge in [-0.3, -0.25) is 4.79 Å². The molecule has 19 heavy (non-hydrogen) atoms. The number of benzene rings is 2. The van der Waals surface area contributed by atoms with Gasteiger partial charge in [0.25, 0.3) is 5.91 Å². The van der Waals surface area contributed by atoms with Gasteiger partial charge in [-0.2, -0.15) is 0 Å². The van der Waals surface area contributed by atoms with Crippen molar-refractivity contribution in [1.82, 2.24) is 0 Å². The van der Waals surface area contributed by atoms with Gasteiger partial charge >= 0.3 is 0 Å². The summed E-state index contributed by atoms with van der Waals surface area (Å²) in [7, 11) is 0. The second-order valence-electron chi connectivity index (χ2n) is 3.75. The Hall–Kier alpha value is -2.08. The monoisotopic (exact) mass is 325 g/mol. The van der Waals surface area contributed by atoms with E-state index in [2.05, 4.69) is 21.2 Å². The minimum absolute atomic E-state index is 0.0455. The van der Waals surface area contributed by atoms with Crippen LogP contribution in [0.2, 0.25) is 0 Å². The summed E-state index contributed by atoms with van der Waals surface area (Å²) in [5.74, 6) is -2.18. The number of carbonyl (C=O) groups is 1. The molecule has 0 aliphatic heterocycles. The normalized spacial score (nSPS) is 10.2. The molecule has 6 heteroatoms. The summed E-state index contributed by atoms with van der Waals surface area (Å²) in [5, 5.41) is 21.3. The number of halogens is 2. The first kappa shape index (κ1) is 13.4. The zero-order chi connectivity index (χ0) is 14.0. The average Bonchev–Trinajstić information content (AvgIpc) is 2.32. The van der Waals surface area contributed by atoms with E-state index in [4.69, 9.17) is 0 Å². The fourth-order valence-electron chi connectivity index (χ4n) is 1.54. The lowest BCUT2D eigenvalue weighted by Crippen LogP contribution is -2.13. The molecule has 0 radical (unpaired) electrons. The molecule has 0 bridgehead atoms. The van der Waals surface area contributed by atoms with Gasteiger partial charge in [-0.25, -0.2) is 4.39 Å². The second kappa shape index (κ2) is 5.27. The Balaban J connectivity index is 2.31. The molecule has 0 saturated carbocycles. The van der Waals surface area contributed by atoms with Gasteiger partial charge in [0.1, 0.15) is 22.9 Å². The predicted octanol–water partition coefficient (Wildman–Crippen LogP) is 3.25. The van der Waals surface area contributed by atoms with Crippen LogP contribution in [-0.2, 0) is 0 Å². The molecule has 0 spiro atoms. The summed E-state index contributed by atoms with van der Waals surface area (Å²) in [5.41, 5.74) is -0.347. The van der Waals surface area contributed by atoms with Crippen LogP contribution in [0.5, 0.6) is 11.5 Å². The Kier molecular flexibility index (Phi) is 3.71. The first-order chi connectivity index (χ1) is 8.99. The Morgan fingerprint density at radius 2 is 1.79 bits per heavy atom. The van der Waals surface area contributed by atoms with Crippen LogP contribution in [0, 0.1) is 5.82 Å². The Morgan fingerprint density at radius 1 is 1.16 bits per heavy atom. The molecule has 0 aromatic heterocycles. The number of phenolic OH excluding ortho intramolecular Hbond substituents is 2. The molecule has 0 aliphatic carbocycles. The molecule has 4 nitrogen and oxygen atoms in total. The molecule has 2 aromatic carbocycles. The van der Waals surface area contributed by atoms with Gasteiger partial charge in [0.2, 0.25) is 0 Å². The van der Waals surface area contributed by atoms with E-state index in [-0.39, 0.29) is 22.7 Å². The highest BCUT2D eigenvalue weighted by Gasteiger charge is 2.17. The van der Waals surface area contributed by atoms with Crippen molar-refractivity contribution in [3.63, 3.8) is 0 Å². The van der Waals surface area contributed by atoms with Gasteiger partial charge in [0.05, 0.1) is 5.69 Å². The lowest BCUT2D eigenvalue weighted by atomic mass is 10.1. The van der Waals surface area contributed by atoms with Gasteiger partial charge in [0, 0.05) is 4.47 Å². The van der Waals surface area contributed by atoms with Crippen LogP contribution >= 0.6 is 15.9 Å². The summed E-state index contributed by atoms with van der Waals surface area (Å²) in [6.07, 6.45) is 0. The lowest BCUT2D eigenvalue weighted by Gasteiger charge is -2.09. The van der Waals surface area contributed by atoms with Crippen LogP contribution in [0.3, 0.4) is 0 Å². The number of nitrogens with one attached hydrogen (secondary N) is 1. The van der Waals surface area contributed by atoms with Crippen molar-refractivity contribution in [2.45, 2.75) is 0 Å². The molecular formula is C13H9BrFNO3. The summed E-state index contributed by atoms with van der Waals surface area (Å²) < 4.78 is 14.1. The van der Waals surface area contributed by atoms with E-state index in [9.17, 15) is 19.4 Å². The van der Waals surface area contributed by atoms with Gasteiger partial charge in [-0.15, -0.1) is 0 Å². The summed E-state index contributed by atoms with van der Waals surface area (Å²) in [6, 6.07) is 8.03. The van der Waals surface area contributed by atoms with Crippen molar-refractivity contribution >= 4 is 27.5 Å². The molecule has 2 rings (SSSR count). The molecule has 2 aromatic rings. The average molecular weight is 326 g/mol. The lowest BCUT2D eigenvalue weighted by molar-refractivity contribution is 0.102. The molecule has 98 valence electrons. The maximum Gasteiger partial charge on any atom is 0.263 e. The summed E-state index contributed by atoms with van der Waals surface area (Å²) >= 11 is 3.10. The third-order valence-corrected chi connectivity index (χ3v) is 2.92. The maximum atomic E-state index is 13.6. The van der Waals surface area contributed by atoms with E-state index in [1.54, 1.807) is 6.07 Å². The van der Waals surface area contributed by atoms with Gasteiger partial charge < -0.3 is 15.5 Å². The maximum absolute atomic E-state index is 13.6. The first-order valence-corrected chi connectivity index (χ1v) is 6.05. The topological polar surface area (TPSA) is 69.6 Å². The van der Waals surface area contributed by atoms with Crippen LogP contribution in [0.25, 0.3) is 0 Å². The van der Waals surface area contributed by atoms with Gasteiger partial charge in [-0.1, -0.05) is 22.0 Å². The largest absolute Gasteiger partial charge is 0.507 e. The molecule has 0 saturated heterocycles. The smallest absolute Gasteiger partial charge is 0.263 e. The van der Waals surface area contributed by atoms with Gasteiger partial charge in [-0.05, 0) is 30.3 Å². The number of aromatic hydroxyl groups is 2. The second-order valence-corrected chi connectivity index (χ2v) is 4.67. The zero-order valence-electron chi connectivity index (χ0n) is 9.52. The number of amides is 1. The quantitative estimate of drug-likeness (QED) is 0.793. The molecule has 1 amide bonds. The SMILES string of the molecule is O=C(Nc1ccc(Br)cc1F)c1c(O)cccc1O. The Bertz CT molecular complexity index is 626. The molecule has 0 atom stereocenters. The molecule has 0 fully saturated rings. The van der Waals surface area contributed by atoms with E-state index >= 15 is 0 Å². The highest BCUT2D eigenvalue weighted by molar-refractivity contribution is 9.10. The van der Waals surface area contributed by atoms with E-state index in [0.29, 0.717) is 4.47 Å². The van der Waals surface area contributed by atoms with E-state index < -0.39 is 11.7 Å². The Morgan fingerprint density at radius 3 is 2.37 bits per heavy atom. The minimum Gasteiger partial charge on any atom is -0.507 e. The molecule has 3 N–H and O–H groups in total. The molecule has 0 heterocycles. The third-order valence-electron chi connectivity index (χ3n) is 2.43. The number of phenols is 2. The first-order valence-electron chi connectivity index (χ1n) is 5.26. The standard InChI is InChI=1S/C13H9BrFNO3/c14-7-4-5-9(8(15)6-7)16-13(19)12-10(17)2-1-3-11(12)18/h1-6,17-18H,(H,16,19). The minimum atomic E-state index is -0.795. The van der Waals surface area contributed by atoms with E-state index in [1.165, 1.54) is 30.3 Å². The van der Waals surface area contributed by atoms with Crippen LogP contribution in [0.1, 0.15) is 10.4 Å². The highest BCUT2D eigenvalue weighted by Crippen LogP contribution is 2.28. The van der Waals surface area contributed by atoms with Crippen molar-refractivity contribution in [1.29, 1.82) is 0 Å². The fourth-order valence-corrected chi connectivity index (χ4v) is 1.87. The van der Waals surface area contributed by atoms with Crippen LogP contribution in [0.15, 0.2) is 40.9 Å². The van der Waals surface area contributed by atoms with Crippen molar-refractivity contribution in [2.24, 2.45) is 0 Å². The van der Waals surface area contributed by atoms with Crippen molar-refractivity contribution < 1.29 is 19.4 Å². The number of hydrogen-bond acceptors (Lipinski definition) is 3. The van der Waals surface area contributed by atoms with Crippen LogP contribution in [-0.4, -0.2) is 16.1 Å². The van der Waals surface area contributed by atoms with E-state index in [0.717, 1.165) is 0 Å². The number of rotatable bonds is 2. The van der Waals surface area contributed by atoms with Gasteiger partial charge in [0.15, 0.2) is 0 Å². The molecule has 0 unspecified atom stereocenters. The fraction of sp³-hybridized carbons (Fsp3) is 0. The number of hydrogen-bond donors (Lipinski definition) is 3.